The number of methoxy groups -OCH3 is 2. The minimum absolute atomic E-state index is 0.0821. The van der Waals surface area contributed by atoms with Gasteiger partial charge in [0.05, 0.1) is 13.2 Å². The standard InChI is InChI=1S/C13H20FNO2/c1-9(16-2)7-11(15)8-10-5-4-6-12(17-3)13(10)14/h4-6,9,11H,7-8,15H2,1-3H3. The molecule has 0 bridgehead atoms. The van der Waals surface area contributed by atoms with E-state index in [9.17, 15) is 4.39 Å². The number of halogens is 1. The molecule has 1 aromatic carbocycles. The van der Waals surface area contributed by atoms with Crippen LogP contribution in [0.5, 0.6) is 5.75 Å². The SMILES string of the molecule is COc1cccc(CC(N)CC(C)OC)c1F. The quantitative estimate of drug-likeness (QED) is 0.829. The van der Waals surface area contributed by atoms with Gasteiger partial charge >= 0.3 is 0 Å². The normalized spacial score (nSPS) is 14.4. The second-order valence-electron chi connectivity index (χ2n) is 4.18. The average Bonchev–Trinajstić information content (AvgIpc) is 2.31. The molecule has 1 aromatic rings. The third-order valence-corrected chi connectivity index (χ3v) is 2.78. The highest BCUT2D eigenvalue weighted by Crippen LogP contribution is 2.21. The Bertz CT molecular complexity index is 357. The molecule has 2 atom stereocenters. The number of hydrogen-bond donors (Lipinski definition) is 1. The maximum atomic E-state index is 13.8. The topological polar surface area (TPSA) is 44.5 Å². The van der Waals surface area contributed by atoms with E-state index in [-0.39, 0.29) is 23.7 Å². The lowest BCUT2D eigenvalue weighted by Crippen LogP contribution is -2.28. The number of nitrogens with two attached hydrogens (primary N) is 1. The minimum Gasteiger partial charge on any atom is -0.494 e. The number of benzene rings is 1. The molecule has 96 valence electrons. The molecule has 17 heavy (non-hydrogen) atoms. The zero-order valence-corrected chi connectivity index (χ0v) is 10.6. The first kappa shape index (κ1) is 13.9. The van der Waals surface area contributed by atoms with Gasteiger partial charge < -0.3 is 15.2 Å². The third-order valence-electron chi connectivity index (χ3n) is 2.78. The van der Waals surface area contributed by atoms with Gasteiger partial charge in [0, 0.05) is 13.2 Å². The number of ether oxygens (including phenoxy) is 2. The van der Waals surface area contributed by atoms with Crippen LogP contribution in [0.3, 0.4) is 0 Å². The number of rotatable bonds is 6. The lowest BCUT2D eigenvalue weighted by Gasteiger charge is -2.17. The molecular formula is C13H20FNO2. The van der Waals surface area contributed by atoms with Crippen LogP contribution in [0.25, 0.3) is 0 Å². The Labute approximate surface area is 102 Å². The Morgan fingerprint density at radius 1 is 1.35 bits per heavy atom. The highest BCUT2D eigenvalue weighted by atomic mass is 19.1. The summed E-state index contributed by atoms with van der Waals surface area (Å²) in [6, 6.07) is 4.98. The van der Waals surface area contributed by atoms with Crippen molar-refractivity contribution in [2.24, 2.45) is 5.73 Å². The second kappa shape index (κ2) is 6.57. The molecule has 0 aliphatic rings. The lowest BCUT2D eigenvalue weighted by atomic mass is 10.0. The fraction of sp³-hybridized carbons (Fsp3) is 0.538. The van der Waals surface area contributed by atoms with Gasteiger partial charge in [0.25, 0.3) is 0 Å². The first-order valence-electron chi connectivity index (χ1n) is 5.68. The molecule has 4 heteroatoms. The van der Waals surface area contributed by atoms with Crippen molar-refractivity contribution in [3.63, 3.8) is 0 Å². The van der Waals surface area contributed by atoms with Crippen LogP contribution in [0.2, 0.25) is 0 Å². The molecule has 0 aliphatic heterocycles. The smallest absolute Gasteiger partial charge is 0.168 e. The van der Waals surface area contributed by atoms with Gasteiger partial charge in [0.2, 0.25) is 0 Å². The highest BCUT2D eigenvalue weighted by Gasteiger charge is 2.14. The first-order chi connectivity index (χ1) is 8.08. The molecule has 0 aliphatic carbocycles. The van der Waals surface area contributed by atoms with Gasteiger partial charge in [0.1, 0.15) is 0 Å². The number of hydrogen-bond acceptors (Lipinski definition) is 3. The summed E-state index contributed by atoms with van der Waals surface area (Å²) < 4.78 is 23.9. The maximum Gasteiger partial charge on any atom is 0.168 e. The maximum absolute atomic E-state index is 13.8. The van der Waals surface area contributed by atoms with Crippen LogP contribution in [0.4, 0.5) is 4.39 Å². The average molecular weight is 241 g/mol. The lowest BCUT2D eigenvalue weighted by molar-refractivity contribution is 0.104. The van der Waals surface area contributed by atoms with Gasteiger partial charge in [-0.05, 0) is 31.4 Å². The van der Waals surface area contributed by atoms with Crippen molar-refractivity contribution >= 4 is 0 Å². The van der Waals surface area contributed by atoms with E-state index in [1.54, 1.807) is 25.3 Å². The zero-order chi connectivity index (χ0) is 12.8. The van der Waals surface area contributed by atoms with Gasteiger partial charge in [-0.25, -0.2) is 4.39 Å². The van der Waals surface area contributed by atoms with Gasteiger partial charge in [0.15, 0.2) is 11.6 Å². The Balaban J connectivity index is 2.68. The predicted molar refractivity (Wildman–Crippen MR) is 65.7 cm³/mol. The van der Waals surface area contributed by atoms with Gasteiger partial charge in [-0.3, -0.25) is 0 Å². The largest absolute Gasteiger partial charge is 0.494 e. The fourth-order valence-electron chi connectivity index (χ4n) is 1.76. The summed E-state index contributed by atoms with van der Waals surface area (Å²) in [7, 11) is 3.10. The summed E-state index contributed by atoms with van der Waals surface area (Å²) in [4.78, 5) is 0. The van der Waals surface area contributed by atoms with Crippen LogP contribution in [-0.4, -0.2) is 26.4 Å². The van der Waals surface area contributed by atoms with E-state index in [2.05, 4.69) is 0 Å². The summed E-state index contributed by atoms with van der Waals surface area (Å²) in [6.45, 7) is 1.95. The van der Waals surface area contributed by atoms with E-state index in [4.69, 9.17) is 15.2 Å². The van der Waals surface area contributed by atoms with E-state index in [1.165, 1.54) is 7.11 Å². The molecule has 0 heterocycles. The molecule has 0 amide bonds. The molecule has 0 fully saturated rings. The summed E-state index contributed by atoms with van der Waals surface area (Å²) in [5, 5.41) is 0. The van der Waals surface area contributed by atoms with E-state index >= 15 is 0 Å². The van der Waals surface area contributed by atoms with Crippen LogP contribution in [-0.2, 0) is 11.2 Å². The summed E-state index contributed by atoms with van der Waals surface area (Å²) >= 11 is 0. The van der Waals surface area contributed by atoms with Crippen LogP contribution in [0, 0.1) is 5.82 Å². The summed E-state index contributed by atoms with van der Waals surface area (Å²) in [5.74, 6) is -0.0648. The van der Waals surface area contributed by atoms with Gasteiger partial charge in [-0.2, -0.15) is 0 Å². The van der Waals surface area contributed by atoms with Gasteiger partial charge in [-0.15, -0.1) is 0 Å². The van der Waals surface area contributed by atoms with Crippen LogP contribution >= 0.6 is 0 Å². The van der Waals surface area contributed by atoms with E-state index in [0.717, 1.165) is 0 Å². The van der Waals surface area contributed by atoms with Crippen molar-refractivity contribution in [2.45, 2.75) is 31.9 Å². The molecular weight excluding hydrogens is 221 g/mol. The summed E-state index contributed by atoms with van der Waals surface area (Å²) in [5.41, 5.74) is 6.54. The predicted octanol–water partition coefficient (Wildman–Crippen LogP) is 2.13. The van der Waals surface area contributed by atoms with E-state index in [1.807, 2.05) is 6.92 Å². The Hall–Kier alpha value is -1.13. The van der Waals surface area contributed by atoms with Crippen LogP contribution < -0.4 is 10.5 Å². The first-order valence-corrected chi connectivity index (χ1v) is 5.68. The van der Waals surface area contributed by atoms with Crippen LogP contribution in [0.15, 0.2) is 18.2 Å². The Morgan fingerprint density at radius 3 is 2.65 bits per heavy atom. The van der Waals surface area contributed by atoms with E-state index < -0.39 is 0 Å². The van der Waals surface area contributed by atoms with Crippen molar-refractivity contribution in [1.29, 1.82) is 0 Å². The zero-order valence-electron chi connectivity index (χ0n) is 10.6. The molecule has 0 aromatic heterocycles. The van der Waals surface area contributed by atoms with Crippen LogP contribution in [0.1, 0.15) is 18.9 Å². The molecule has 0 spiro atoms. The fourth-order valence-corrected chi connectivity index (χ4v) is 1.76. The molecule has 0 saturated carbocycles. The van der Waals surface area contributed by atoms with Crippen molar-refractivity contribution in [3.8, 4) is 5.75 Å². The third kappa shape index (κ3) is 3.98. The van der Waals surface area contributed by atoms with Crippen molar-refractivity contribution in [1.82, 2.24) is 0 Å². The van der Waals surface area contributed by atoms with Crippen molar-refractivity contribution in [2.75, 3.05) is 14.2 Å². The second-order valence-corrected chi connectivity index (χ2v) is 4.18. The Kier molecular flexibility index (Phi) is 5.38. The van der Waals surface area contributed by atoms with Crippen molar-refractivity contribution < 1.29 is 13.9 Å². The monoisotopic (exact) mass is 241 g/mol. The molecule has 2 unspecified atom stereocenters. The molecule has 1 rings (SSSR count). The Morgan fingerprint density at radius 2 is 2.06 bits per heavy atom. The molecule has 3 nitrogen and oxygen atoms in total. The molecule has 2 N–H and O–H groups in total. The van der Waals surface area contributed by atoms with Crippen molar-refractivity contribution in [3.05, 3.63) is 29.6 Å². The van der Waals surface area contributed by atoms with Gasteiger partial charge in [-0.1, -0.05) is 12.1 Å². The minimum atomic E-state index is -0.324. The van der Waals surface area contributed by atoms with E-state index in [0.29, 0.717) is 18.4 Å². The summed E-state index contributed by atoms with van der Waals surface area (Å²) in [6.07, 6.45) is 1.27. The molecule has 0 radical (unpaired) electrons. The highest BCUT2D eigenvalue weighted by molar-refractivity contribution is 5.31. The molecule has 0 saturated heterocycles.